The summed E-state index contributed by atoms with van der Waals surface area (Å²) in [5.74, 6) is 1.06. The second-order valence-corrected chi connectivity index (χ2v) is 8.73. The van der Waals surface area contributed by atoms with Crippen LogP contribution >= 0.6 is 0 Å². The monoisotopic (exact) mass is 380 g/mol. The summed E-state index contributed by atoms with van der Waals surface area (Å²) in [4.78, 5) is 28.2. The Balaban J connectivity index is 1.45. The first-order valence-electron chi connectivity index (χ1n) is 11.1. The molecular weight excluding hydrogens is 348 g/mol. The Bertz CT molecular complexity index is 907. The summed E-state index contributed by atoms with van der Waals surface area (Å²) < 4.78 is 0. The molecule has 4 nitrogen and oxygen atoms in total. The predicted molar refractivity (Wildman–Crippen MR) is 115 cm³/mol. The van der Waals surface area contributed by atoms with Crippen molar-refractivity contribution in [1.82, 2.24) is 4.98 Å². The number of fused-ring (bicyclic) bond motifs is 3. The molecule has 0 saturated heterocycles. The van der Waals surface area contributed by atoms with E-state index in [0.29, 0.717) is 0 Å². The van der Waals surface area contributed by atoms with E-state index in [2.05, 4.69) is 23.3 Å². The van der Waals surface area contributed by atoms with E-state index in [0.717, 1.165) is 66.6 Å². The van der Waals surface area contributed by atoms with Gasteiger partial charge in [-0.1, -0.05) is 32.3 Å². The number of aromatic amines is 1. The van der Waals surface area contributed by atoms with Crippen molar-refractivity contribution in [3.63, 3.8) is 0 Å². The normalized spacial score (nSPS) is 22.0. The highest BCUT2D eigenvalue weighted by Crippen LogP contribution is 2.33. The third-order valence-corrected chi connectivity index (χ3v) is 6.79. The van der Waals surface area contributed by atoms with E-state index in [4.69, 9.17) is 0 Å². The number of anilines is 1. The number of pyridine rings is 1. The number of H-pyrrole nitrogens is 1. The SMILES string of the molecule is CCCCC1CCC(C(=O)Nc2ccc3c4c(c(=O)[nH]c3c2)CCCC4)CC1. The lowest BCUT2D eigenvalue weighted by Gasteiger charge is -2.27. The van der Waals surface area contributed by atoms with Crippen LogP contribution in [-0.2, 0) is 17.6 Å². The molecule has 1 aromatic carbocycles. The minimum absolute atomic E-state index is 0.0380. The van der Waals surface area contributed by atoms with Crippen molar-refractivity contribution in [2.45, 2.75) is 77.6 Å². The first kappa shape index (κ1) is 19.2. The molecule has 2 aliphatic rings. The lowest BCUT2D eigenvalue weighted by Crippen LogP contribution is -2.27. The van der Waals surface area contributed by atoms with Gasteiger partial charge in [-0.15, -0.1) is 0 Å². The molecule has 2 N–H and O–H groups in total. The summed E-state index contributed by atoms with van der Waals surface area (Å²) in [6, 6.07) is 5.98. The molecule has 0 spiro atoms. The van der Waals surface area contributed by atoms with Crippen LogP contribution in [0.3, 0.4) is 0 Å². The number of unbranched alkanes of at least 4 members (excludes halogenated alkanes) is 1. The number of aryl methyl sites for hydroxylation is 1. The van der Waals surface area contributed by atoms with Crippen molar-refractivity contribution >= 4 is 22.5 Å². The van der Waals surface area contributed by atoms with Gasteiger partial charge in [-0.3, -0.25) is 9.59 Å². The van der Waals surface area contributed by atoms with Crippen molar-refractivity contribution in [2.75, 3.05) is 5.32 Å². The summed E-state index contributed by atoms with van der Waals surface area (Å²) >= 11 is 0. The number of hydrogen-bond acceptors (Lipinski definition) is 2. The third kappa shape index (κ3) is 4.01. The number of carbonyl (C=O) groups is 1. The standard InChI is InChI=1S/C24H32N2O2/c1-2-3-6-16-9-11-17(12-10-16)23(27)25-18-13-14-20-19-7-4-5-8-21(19)24(28)26-22(20)15-18/h13-17H,2-12H2,1H3,(H,25,27)(H,26,28). The average molecular weight is 381 g/mol. The molecule has 4 rings (SSSR count). The van der Waals surface area contributed by atoms with Crippen LogP contribution in [0.1, 0.15) is 75.8 Å². The number of aromatic nitrogens is 1. The molecule has 1 aromatic heterocycles. The molecule has 150 valence electrons. The molecule has 2 aromatic rings. The van der Waals surface area contributed by atoms with Gasteiger partial charge in [0.1, 0.15) is 0 Å². The van der Waals surface area contributed by atoms with Crippen LogP contribution in [0.5, 0.6) is 0 Å². The molecule has 0 unspecified atom stereocenters. The Kier molecular flexibility index (Phi) is 5.84. The highest BCUT2D eigenvalue weighted by Gasteiger charge is 2.26. The van der Waals surface area contributed by atoms with Gasteiger partial charge in [0.2, 0.25) is 5.91 Å². The predicted octanol–water partition coefficient (Wildman–Crippen LogP) is 5.34. The number of benzene rings is 1. The van der Waals surface area contributed by atoms with Crippen LogP contribution in [0.15, 0.2) is 23.0 Å². The molecular formula is C24H32N2O2. The van der Waals surface area contributed by atoms with E-state index in [-0.39, 0.29) is 17.4 Å². The topological polar surface area (TPSA) is 62.0 Å². The largest absolute Gasteiger partial charge is 0.326 e. The molecule has 4 heteroatoms. The quantitative estimate of drug-likeness (QED) is 0.735. The Morgan fingerprint density at radius 1 is 1.11 bits per heavy atom. The number of carbonyl (C=O) groups excluding carboxylic acids is 1. The molecule has 0 atom stereocenters. The molecule has 1 heterocycles. The first-order chi connectivity index (χ1) is 13.7. The van der Waals surface area contributed by atoms with Gasteiger partial charge in [0.05, 0.1) is 5.52 Å². The maximum atomic E-state index is 12.7. The second kappa shape index (κ2) is 8.50. The molecule has 1 fully saturated rings. The number of rotatable bonds is 5. The zero-order valence-corrected chi connectivity index (χ0v) is 17.0. The van der Waals surface area contributed by atoms with Crippen molar-refractivity contribution in [2.24, 2.45) is 11.8 Å². The molecule has 0 aliphatic heterocycles. The average Bonchev–Trinajstić information content (AvgIpc) is 2.72. The Hall–Kier alpha value is -2.10. The van der Waals surface area contributed by atoms with Crippen LogP contribution in [-0.4, -0.2) is 10.9 Å². The molecule has 0 radical (unpaired) electrons. The lowest BCUT2D eigenvalue weighted by atomic mass is 9.79. The van der Waals surface area contributed by atoms with E-state index in [1.807, 2.05) is 12.1 Å². The fraction of sp³-hybridized carbons (Fsp3) is 0.583. The van der Waals surface area contributed by atoms with Crippen LogP contribution in [0.4, 0.5) is 5.69 Å². The summed E-state index contributed by atoms with van der Waals surface area (Å²) in [5.41, 5.74) is 3.82. The maximum Gasteiger partial charge on any atom is 0.251 e. The van der Waals surface area contributed by atoms with Crippen LogP contribution in [0.25, 0.3) is 10.9 Å². The first-order valence-corrected chi connectivity index (χ1v) is 11.1. The minimum atomic E-state index is 0.0380. The molecule has 1 amide bonds. The zero-order chi connectivity index (χ0) is 19.5. The molecule has 2 aliphatic carbocycles. The van der Waals surface area contributed by atoms with Crippen molar-refractivity contribution < 1.29 is 4.79 Å². The van der Waals surface area contributed by atoms with Crippen molar-refractivity contribution in [1.29, 1.82) is 0 Å². The van der Waals surface area contributed by atoms with Gasteiger partial charge < -0.3 is 10.3 Å². The van der Waals surface area contributed by atoms with Gasteiger partial charge in [-0.2, -0.15) is 0 Å². The van der Waals surface area contributed by atoms with Gasteiger partial charge in [0.15, 0.2) is 0 Å². The van der Waals surface area contributed by atoms with Crippen LogP contribution in [0, 0.1) is 11.8 Å². The minimum Gasteiger partial charge on any atom is -0.326 e. The van der Waals surface area contributed by atoms with Gasteiger partial charge in [0, 0.05) is 22.6 Å². The number of nitrogens with one attached hydrogen (secondary N) is 2. The summed E-state index contributed by atoms with van der Waals surface area (Å²) in [6.45, 7) is 2.24. The van der Waals surface area contributed by atoms with Crippen molar-refractivity contribution in [3.05, 3.63) is 39.7 Å². The number of amides is 1. The smallest absolute Gasteiger partial charge is 0.251 e. The second-order valence-electron chi connectivity index (χ2n) is 8.73. The van der Waals surface area contributed by atoms with E-state index in [1.165, 1.54) is 37.7 Å². The van der Waals surface area contributed by atoms with Crippen molar-refractivity contribution in [3.8, 4) is 0 Å². The summed E-state index contributed by atoms with van der Waals surface area (Å²) in [6.07, 6.45) is 12.3. The zero-order valence-electron chi connectivity index (χ0n) is 17.0. The van der Waals surface area contributed by atoms with E-state index in [9.17, 15) is 9.59 Å². The lowest BCUT2D eigenvalue weighted by molar-refractivity contribution is -0.121. The molecule has 0 bridgehead atoms. The number of hydrogen-bond donors (Lipinski definition) is 2. The highest BCUT2D eigenvalue weighted by atomic mass is 16.2. The Labute approximate surface area is 167 Å². The van der Waals surface area contributed by atoms with Gasteiger partial charge >= 0.3 is 0 Å². The Morgan fingerprint density at radius 2 is 1.86 bits per heavy atom. The van der Waals surface area contributed by atoms with E-state index >= 15 is 0 Å². The fourth-order valence-electron chi connectivity index (χ4n) is 5.09. The van der Waals surface area contributed by atoms with Gasteiger partial charge in [-0.05, 0) is 75.0 Å². The van der Waals surface area contributed by atoms with Crippen LogP contribution < -0.4 is 10.9 Å². The van der Waals surface area contributed by atoms with Gasteiger partial charge in [0.25, 0.3) is 5.56 Å². The summed E-state index contributed by atoms with van der Waals surface area (Å²) in [7, 11) is 0. The molecule has 28 heavy (non-hydrogen) atoms. The van der Waals surface area contributed by atoms with E-state index < -0.39 is 0 Å². The summed E-state index contributed by atoms with van der Waals surface area (Å²) in [5, 5.41) is 4.23. The van der Waals surface area contributed by atoms with Crippen LogP contribution in [0.2, 0.25) is 0 Å². The maximum absolute atomic E-state index is 12.7. The third-order valence-electron chi connectivity index (χ3n) is 6.79. The highest BCUT2D eigenvalue weighted by molar-refractivity contribution is 5.95. The van der Waals surface area contributed by atoms with Gasteiger partial charge in [-0.25, -0.2) is 0 Å². The Morgan fingerprint density at radius 3 is 2.61 bits per heavy atom. The van der Waals surface area contributed by atoms with E-state index in [1.54, 1.807) is 0 Å². The molecule has 1 saturated carbocycles. The fourth-order valence-corrected chi connectivity index (χ4v) is 5.09.